The van der Waals surface area contributed by atoms with Gasteiger partial charge in [-0.25, -0.2) is 0 Å². The molecule has 2 fully saturated rings. The van der Waals surface area contributed by atoms with Crippen molar-refractivity contribution in [1.82, 2.24) is 10.2 Å². The van der Waals surface area contributed by atoms with Crippen LogP contribution in [-0.4, -0.2) is 35.3 Å². The minimum absolute atomic E-state index is 0.0196. The topological polar surface area (TPSA) is 49.4 Å². The lowest BCUT2D eigenvalue weighted by Crippen LogP contribution is -2.66. The largest absolute Gasteiger partial charge is 0.342 e. The quantitative estimate of drug-likeness (QED) is 0.810. The van der Waals surface area contributed by atoms with E-state index in [9.17, 15) is 9.59 Å². The SMILES string of the molecule is CC1C(=O)NC(C(C)(C)C)C(=O)N1CC1CCC1. The van der Waals surface area contributed by atoms with Crippen LogP contribution in [0, 0.1) is 11.3 Å². The predicted molar refractivity (Wildman–Crippen MR) is 69.9 cm³/mol. The van der Waals surface area contributed by atoms with Gasteiger partial charge in [0.25, 0.3) is 0 Å². The Morgan fingerprint density at radius 2 is 1.89 bits per heavy atom. The molecule has 102 valence electrons. The van der Waals surface area contributed by atoms with E-state index in [1.54, 1.807) is 4.90 Å². The lowest BCUT2D eigenvalue weighted by atomic mass is 9.81. The number of rotatable bonds is 2. The molecule has 1 saturated heterocycles. The van der Waals surface area contributed by atoms with Crippen molar-refractivity contribution in [3.63, 3.8) is 0 Å². The highest BCUT2D eigenvalue weighted by Gasteiger charge is 2.44. The van der Waals surface area contributed by atoms with Crippen molar-refractivity contribution in [2.75, 3.05) is 6.54 Å². The van der Waals surface area contributed by atoms with E-state index in [2.05, 4.69) is 5.32 Å². The molecule has 1 aliphatic carbocycles. The Labute approximate surface area is 109 Å². The first kappa shape index (κ1) is 13.4. The molecule has 4 nitrogen and oxygen atoms in total. The van der Waals surface area contributed by atoms with Gasteiger partial charge in [0.2, 0.25) is 11.8 Å². The lowest BCUT2D eigenvalue weighted by molar-refractivity contribution is -0.152. The second-order valence-corrected chi connectivity index (χ2v) is 6.77. The number of hydrogen-bond donors (Lipinski definition) is 1. The first-order chi connectivity index (χ1) is 8.30. The molecular weight excluding hydrogens is 228 g/mol. The minimum Gasteiger partial charge on any atom is -0.342 e. The molecule has 4 heteroatoms. The van der Waals surface area contributed by atoms with E-state index in [-0.39, 0.29) is 29.3 Å². The van der Waals surface area contributed by atoms with Gasteiger partial charge in [-0.1, -0.05) is 27.2 Å². The molecule has 1 heterocycles. The molecule has 2 amide bonds. The summed E-state index contributed by atoms with van der Waals surface area (Å²) in [6.45, 7) is 8.55. The van der Waals surface area contributed by atoms with E-state index in [1.165, 1.54) is 19.3 Å². The van der Waals surface area contributed by atoms with Crippen LogP contribution in [0.3, 0.4) is 0 Å². The zero-order valence-corrected chi connectivity index (χ0v) is 11.8. The van der Waals surface area contributed by atoms with E-state index >= 15 is 0 Å². The molecule has 0 aromatic carbocycles. The Kier molecular flexibility index (Phi) is 3.39. The number of piperazine rings is 1. The van der Waals surface area contributed by atoms with E-state index in [4.69, 9.17) is 0 Å². The normalized spacial score (nSPS) is 30.1. The van der Waals surface area contributed by atoms with Gasteiger partial charge in [0.15, 0.2) is 0 Å². The summed E-state index contributed by atoms with van der Waals surface area (Å²) in [7, 11) is 0. The number of nitrogens with one attached hydrogen (secondary N) is 1. The Morgan fingerprint density at radius 3 is 2.33 bits per heavy atom. The molecule has 0 aromatic rings. The van der Waals surface area contributed by atoms with E-state index in [0.29, 0.717) is 5.92 Å². The maximum absolute atomic E-state index is 12.5. The van der Waals surface area contributed by atoms with Crippen LogP contribution >= 0.6 is 0 Å². The molecule has 0 spiro atoms. The van der Waals surface area contributed by atoms with Gasteiger partial charge in [-0.2, -0.15) is 0 Å². The molecule has 1 N–H and O–H groups in total. The highest BCUT2D eigenvalue weighted by Crippen LogP contribution is 2.30. The third-order valence-electron chi connectivity index (χ3n) is 4.21. The van der Waals surface area contributed by atoms with Crippen LogP contribution in [0.2, 0.25) is 0 Å². The monoisotopic (exact) mass is 252 g/mol. The molecule has 2 rings (SSSR count). The molecule has 0 aromatic heterocycles. The summed E-state index contributed by atoms with van der Waals surface area (Å²) in [5, 5.41) is 2.86. The molecule has 2 unspecified atom stereocenters. The molecule has 0 radical (unpaired) electrons. The molecule has 1 aliphatic heterocycles. The number of carbonyl (C=O) groups excluding carboxylic acids is 2. The molecule has 2 atom stereocenters. The second kappa shape index (κ2) is 4.56. The van der Waals surface area contributed by atoms with Crippen molar-refractivity contribution < 1.29 is 9.59 Å². The van der Waals surface area contributed by atoms with Crippen molar-refractivity contribution in [2.24, 2.45) is 11.3 Å². The fraction of sp³-hybridized carbons (Fsp3) is 0.857. The summed E-state index contributed by atoms with van der Waals surface area (Å²) in [5.74, 6) is 0.665. The maximum atomic E-state index is 12.5. The van der Waals surface area contributed by atoms with E-state index in [1.807, 2.05) is 27.7 Å². The van der Waals surface area contributed by atoms with Crippen molar-refractivity contribution in [1.29, 1.82) is 0 Å². The summed E-state index contributed by atoms with van der Waals surface area (Å²) in [6, 6.07) is -0.710. The Balaban J connectivity index is 2.14. The number of nitrogens with zero attached hydrogens (tertiary/aromatic N) is 1. The van der Waals surface area contributed by atoms with Gasteiger partial charge in [0.05, 0.1) is 0 Å². The summed E-state index contributed by atoms with van der Waals surface area (Å²) in [4.78, 5) is 26.3. The Bertz CT molecular complexity index is 355. The first-order valence-corrected chi connectivity index (χ1v) is 6.91. The molecule has 2 aliphatic rings. The fourth-order valence-electron chi connectivity index (χ4n) is 2.61. The Morgan fingerprint density at radius 1 is 1.28 bits per heavy atom. The minimum atomic E-state index is -0.388. The van der Waals surface area contributed by atoms with Crippen LogP contribution in [-0.2, 0) is 9.59 Å². The summed E-state index contributed by atoms with van der Waals surface area (Å²) < 4.78 is 0. The fourth-order valence-corrected chi connectivity index (χ4v) is 2.61. The van der Waals surface area contributed by atoms with Gasteiger partial charge >= 0.3 is 0 Å². The predicted octanol–water partition coefficient (Wildman–Crippen LogP) is 1.55. The van der Waals surface area contributed by atoms with Crippen LogP contribution in [0.25, 0.3) is 0 Å². The second-order valence-electron chi connectivity index (χ2n) is 6.77. The van der Waals surface area contributed by atoms with Crippen LogP contribution in [0.1, 0.15) is 47.0 Å². The van der Waals surface area contributed by atoms with Gasteiger partial charge in [0.1, 0.15) is 12.1 Å². The lowest BCUT2D eigenvalue weighted by Gasteiger charge is -2.44. The van der Waals surface area contributed by atoms with Gasteiger partial charge < -0.3 is 10.2 Å². The smallest absolute Gasteiger partial charge is 0.246 e. The average molecular weight is 252 g/mol. The van der Waals surface area contributed by atoms with Crippen molar-refractivity contribution in [3.05, 3.63) is 0 Å². The number of amides is 2. The highest BCUT2D eigenvalue weighted by atomic mass is 16.2. The van der Waals surface area contributed by atoms with Gasteiger partial charge in [-0.3, -0.25) is 9.59 Å². The third kappa shape index (κ3) is 2.38. The van der Waals surface area contributed by atoms with Crippen LogP contribution < -0.4 is 5.32 Å². The maximum Gasteiger partial charge on any atom is 0.246 e. The number of hydrogen-bond acceptors (Lipinski definition) is 2. The van der Waals surface area contributed by atoms with Crippen LogP contribution in [0.15, 0.2) is 0 Å². The van der Waals surface area contributed by atoms with Crippen molar-refractivity contribution >= 4 is 11.8 Å². The molecular formula is C14H24N2O2. The first-order valence-electron chi connectivity index (χ1n) is 6.91. The zero-order valence-electron chi connectivity index (χ0n) is 11.8. The average Bonchev–Trinajstić information content (AvgIpc) is 2.19. The number of carbonyl (C=O) groups is 2. The highest BCUT2D eigenvalue weighted by molar-refractivity contribution is 5.97. The zero-order chi connectivity index (χ0) is 13.5. The summed E-state index contributed by atoms with van der Waals surface area (Å²) in [6.07, 6.45) is 3.65. The third-order valence-corrected chi connectivity index (χ3v) is 4.21. The van der Waals surface area contributed by atoms with E-state index in [0.717, 1.165) is 6.54 Å². The van der Waals surface area contributed by atoms with E-state index < -0.39 is 0 Å². The molecule has 18 heavy (non-hydrogen) atoms. The standard InChI is InChI=1S/C14H24N2O2/c1-9-12(17)15-11(14(2,3)4)13(18)16(9)8-10-6-5-7-10/h9-11H,5-8H2,1-4H3,(H,15,17). The van der Waals surface area contributed by atoms with Crippen molar-refractivity contribution in [2.45, 2.75) is 59.0 Å². The molecule has 0 bridgehead atoms. The van der Waals surface area contributed by atoms with Gasteiger partial charge in [-0.05, 0) is 31.1 Å². The van der Waals surface area contributed by atoms with Crippen LogP contribution in [0.5, 0.6) is 0 Å². The summed E-state index contributed by atoms with van der Waals surface area (Å²) >= 11 is 0. The molecule has 1 saturated carbocycles. The van der Waals surface area contributed by atoms with Crippen molar-refractivity contribution in [3.8, 4) is 0 Å². The Hall–Kier alpha value is -1.06. The summed E-state index contributed by atoms with van der Waals surface area (Å²) in [5.41, 5.74) is -0.231. The van der Waals surface area contributed by atoms with Crippen LogP contribution in [0.4, 0.5) is 0 Å². The van der Waals surface area contributed by atoms with Gasteiger partial charge in [0, 0.05) is 6.54 Å². The van der Waals surface area contributed by atoms with Gasteiger partial charge in [-0.15, -0.1) is 0 Å².